The van der Waals surface area contributed by atoms with E-state index in [2.05, 4.69) is 0 Å². The molecule has 0 aliphatic heterocycles. The van der Waals surface area contributed by atoms with Crippen molar-refractivity contribution in [3.05, 3.63) is 33.3 Å². The van der Waals surface area contributed by atoms with Crippen molar-refractivity contribution in [3.63, 3.8) is 0 Å². The summed E-state index contributed by atoms with van der Waals surface area (Å²) in [7, 11) is 0. The molecule has 0 atom stereocenters. The first-order valence-corrected chi connectivity index (χ1v) is 4.54. The largest absolute Gasteiger partial charge is 0.417 e. The molecule has 0 aliphatic rings. The molecule has 1 aromatic carbocycles. The zero-order valence-corrected chi connectivity index (χ0v) is 8.71. The van der Waals surface area contributed by atoms with E-state index in [0.29, 0.717) is 0 Å². The summed E-state index contributed by atoms with van der Waals surface area (Å²) < 4.78 is 37.0. The first-order valence-electron chi connectivity index (χ1n) is 3.78. The quantitative estimate of drug-likeness (QED) is 0.740. The van der Waals surface area contributed by atoms with Crippen LogP contribution in [0.15, 0.2) is 12.1 Å². The minimum absolute atomic E-state index is 0.0727. The number of hydrogen-bond donors (Lipinski definition) is 0. The average Bonchev–Trinajstić information content (AvgIpc) is 2.09. The Morgan fingerprint density at radius 1 is 1.20 bits per heavy atom. The number of benzene rings is 1. The number of nitriles is 1. The van der Waals surface area contributed by atoms with E-state index in [1.165, 1.54) is 0 Å². The fourth-order valence-corrected chi connectivity index (χ4v) is 1.55. The summed E-state index contributed by atoms with van der Waals surface area (Å²) in [6, 6.07) is 3.58. The van der Waals surface area contributed by atoms with Gasteiger partial charge >= 0.3 is 6.18 Å². The molecule has 1 nitrogen and oxygen atoms in total. The summed E-state index contributed by atoms with van der Waals surface area (Å²) in [5.41, 5.74) is -0.701. The molecule has 15 heavy (non-hydrogen) atoms. The molecule has 0 aromatic heterocycles. The number of halogens is 5. The van der Waals surface area contributed by atoms with Crippen LogP contribution in [-0.2, 0) is 12.6 Å². The van der Waals surface area contributed by atoms with Gasteiger partial charge in [0.15, 0.2) is 0 Å². The molecule has 0 saturated heterocycles. The third-order valence-electron chi connectivity index (χ3n) is 1.71. The van der Waals surface area contributed by atoms with Crippen molar-refractivity contribution < 1.29 is 13.2 Å². The second-order valence-corrected chi connectivity index (χ2v) is 3.57. The zero-order chi connectivity index (χ0) is 11.6. The van der Waals surface area contributed by atoms with Crippen LogP contribution in [0.1, 0.15) is 11.1 Å². The van der Waals surface area contributed by atoms with E-state index in [-0.39, 0.29) is 17.0 Å². The van der Waals surface area contributed by atoms with Crippen molar-refractivity contribution in [2.75, 3.05) is 0 Å². The van der Waals surface area contributed by atoms with Crippen molar-refractivity contribution in [2.24, 2.45) is 0 Å². The Bertz CT molecular complexity index is 421. The van der Waals surface area contributed by atoms with Gasteiger partial charge in [0.05, 0.1) is 23.1 Å². The van der Waals surface area contributed by atoms with Gasteiger partial charge in [-0.05, 0) is 17.7 Å². The van der Waals surface area contributed by atoms with Gasteiger partial charge in [-0.2, -0.15) is 18.4 Å². The van der Waals surface area contributed by atoms with Gasteiger partial charge in [0.1, 0.15) is 0 Å². The predicted octanol–water partition coefficient (Wildman–Crippen LogP) is 4.08. The Labute approximate surface area is 94.0 Å². The maximum absolute atomic E-state index is 12.3. The lowest BCUT2D eigenvalue weighted by Gasteiger charge is -2.10. The van der Waals surface area contributed by atoms with E-state index in [1.807, 2.05) is 0 Å². The minimum atomic E-state index is -4.54. The first-order chi connectivity index (χ1) is 6.86. The van der Waals surface area contributed by atoms with Gasteiger partial charge in [-0.1, -0.05) is 23.2 Å². The van der Waals surface area contributed by atoms with Gasteiger partial charge in [0.25, 0.3) is 0 Å². The van der Waals surface area contributed by atoms with E-state index in [4.69, 9.17) is 28.5 Å². The summed E-state index contributed by atoms with van der Waals surface area (Å²) in [5.74, 6) is 0. The SMILES string of the molecule is N#CCc1cc(Cl)c(C(F)(F)F)cc1Cl. The lowest BCUT2D eigenvalue weighted by Crippen LogP contribution is -2.06. The van der Waals surface area contributed by atoms with Crippen molar-refractivity contribution in [3.8, 4) is 6.07 Å². The van der Waals surface area contributed by atoms with Crippen LogP contribution in [0.3, 0.4) is 0 Å². The van der Waals surface area contributed by atoms with Crippen LogP contribution in [0.4, 0.5) is 13.2 Å². The topological polar surface area (TPSA) is 23.8 Å². The first kappa shape index (κ1) is 12.2. The maximum atomic E-state index is 12.3. The summed E-state index contributed by atoms with van der Waals surface area (Å²) in [4.78, 5) is 0. The fourth-order valence-electron chi connectivity index (χ4n) is 1.03. The third kappa shape index (κ3) is 2.77. The van der Waals surface area contributed by atoms with Crippen LogP contribution >= 0.6 is 23.2 Å². The predicted molar refractivity (Wildman–Crippen MR) is 50.8 cm³/mol. The van der Waals surface area contributed by atoms with Crippen LogP contribution in [0, 0.1) is 11.3 Å². The van der Waals surface area contributed by atoms with Crippen LogP contribution in [-0.4, -0.2) is 0 Å². The Kier molecular flexibility index (Phi) is 3.48. The van der Waals surface area contributed by atoms with Crippen molar-refractivity contribution in [2.45, 2.75) is 12.6 Å². The van der Waals surface area contributed by atoms with Crippen LogP contribution in [0.2, 0.25) is 10.0 Å². The normalized spacial score (nSPS) is 11.2. The highest BCUT2D eigenvalue weighted by Gasteiger charge is 2.33. The van der Waals surface area contributed by atoms with Gasteiger partial charge in [0, 0.05) is 5.02 Å². The molecule has 0 saturated carbocycles. The van der Waals surface area contributed by atoms with Gasteiger partial charge in [-0.3, -0.25) is 0 Å². The van der Waals surface area contributed by atoms with E-state index in [9.17, 15) is 13.2 Å². The molecule has 0 amide bonds. The van der Waals surface area contributed by atoms with E-state index in [1.54, 1.807) is 6.07 Å². The molecule has 0 unspecified atom stereocenters. The molecule has 0 bridgehead atoms. The van der Waals surface area contributed by atoms with Crippen molar-refractivity contribution in [1.29, 1.82) is 5.26 Å². The summed E-state index contributed by atoms with van der Waals surface area (Å²) in [5, 5.41) is 7.84. The van der Waals surface area contributed by atoms with E-state index >= 15 is 0 Å². The molecule has 0 N–H and O–H groups in total. The zero-order valence-electron chi connectivity index (χ0n) is 7.20. The molecule has 0 heterocycles. The lowest BCUT2D eigenvalue weighted by molar-refractivity contribution is -0.137. The average molecular weight is 254 g/mol. The molecular weight excluding hydrogens is 250 g/mol. The van der Waals surface area contributed by atoms with Gasteiger partial charge in [-0.15, -0.1) is 0 Å². The summed E-state index contributed by atoms with van der Waals surface area (Å²) in [6.45, 7) is 0. The highest BCUT2D eigenvalue weighted by Crippen LogP contribution is 2.37. The van der Waals surface area contributed by atoms with Gasteiger partial charge in [-0.25, -0.2) is 0 Å². The molecule has 0 radical (unpaired) electrons. The highest BCUT2D eigenvalue weighted by molar-refractivity contribution is 6.34. The van der Waals surface area contributed by atoms with Crippen LogP contribution in [0.5, 0.6) is 0 Å². The van der Waals surface area contributed by atoms with Crippen molar-refractivity contribution in [1.82, 2.24) is 0 Å². The fraction of sp³-hybridized carbons (Fsp3) is 0.222. The lowest BCUT2D eigenvalue weighted by atomic mass is 10.1. The molecule has 0 aliphatic carbocycles. The standard InChI is InChI=1S/C9H4Cl2F3N/c10-7-4-6(9(12,13)14)8(11)3-5(7)1-2-15/h3-4H,1H2. The van der Waals surface area contributed by atoms with E-state index < -0.39 is 16.8 Å². The third-order valence-corrected chi connectivity index (χ3v) is 2.38. The Hall–Kier alpha value is -0.920. The highest BCUT2D eigenvalue weighted by atomic mass is 35.5. The molecule has 1 rings (SSSR count). The van der Waals surface area contributed by atoms with Crippen LogP contribution < -0.4 is 0 Å². The Morgan fingerprint density at radius 3 is 2.27 bits per heavy atom. The van der Waals surface area contributed by atoms with Gasteiger partial charge in [0.2, 0.25) is 0 Å². The second kappa shape index (κ2) is 4.30. The molecule has 80 valence electrons. The minimum Gasteiger partial charge on any atom is -0.198 e. The smallest absolute Gasteiger partial charge is 0.198 e. The number of hydrogen-bond acceptors (Lipinski definition) is 1. The molecular formula is C9H4Cl2F3N. The number of nitrogens with zero attached hydrogens (tertiary/aromatic N) is 1. The molecule has 1 aromatic rings. The Morgan fingerprint density at radius 2 is 1.80 bits per heavy atom. The molecule has 0 spiro atoms. The Balaban J connectivity index is 3.27. The number of alkyl halides is 3. The summed E-state index contributed by atoms with van der Waals surface area (Å²) in [6.07, 6.45) is -4.61. The molecule has 6 heteroatoms. The number of rotatable bonds is 1. The second-order valence-electron chi connectivity index (χ2n) is 2.76. The summed E-state index contributed by atoms with van der Waals surface area (Å²) >= 11 is 11.0. The van der Waals surface area contributed by atoms with Gasteiger partial charge < -0.3 is 0 Å². The van der Waals surface area contributed by atoms with E-state index in [0.717, 1.165) is 12.1 Å². The van der Waals surface area contributed by atoms with Crippen molar-refractivity contribution >= 4 is 23.2 Å². The monoisotopic (exact) mass is 253 g/mol. The molecule has 0 fully saturated rings. The maximum Gasteiger partial charge on any atom is 0.417 e. The van der Waals surface area contributed by atoms with Crippen LogP contribution in [0.25, 0.3) is 0 Å².